The molecule has 4 aromatic heterocycles. The molecule has 3 unspecified atom stereocenters. The largest absolute Gasteiger partial charge is 0.694 e. The highest BCUT2D eigenvalue weighted by atomic mass is 31.2. The summed E-state index contributed by atoms with van der Waals surface area (Å²) in [7, 11) is -6.70. The standard InChI is InChI=1S/C35H43FN10O13P2/c1-4-5-6-27(47)44(3)22(15-54-14-20-9-21(36)13-39-12-20)33(48)58-23-10-28(46-19-42-30-31(38)40-18-41-32(30)46)57-24(23)16-56-61(52,53)35(2)11-29(59-25(35)17-55-60(50)51)45-8-7-26(37)43-34(45)49/h4,7-9,12-13,18-19,22-25,28-29H,1,5-6,10-11,14-17H2,2-3H3,(H5-,37,38,40,41,43,49,50,51,52,53)/p+1/t22-,23?,24+,25+,28+,29+,35+/m0/s1. The van der Waals surface area contributed by atoms with Gasteiger partial charge in [-0.15, -0.1) is 16.0 Å². The highest BCUT2D eigenvalue weighted by Gasteiger charge is 2.59. The molecular weight excluding hydrogens is 849 g/mol. The Hall–Kier alpha value is -5.16. The number of ether oxygens (including phenoxy) is 4. The van der Waals surface area contributed by atoms with Crippen molar-refractivity contribution in [3.8, 4) is 0 Å². The van der Waals surface area contributed by atoms with Crippen molar-refractivity contribution in [3.05, 3.63) is 77.9 Å². The number of esters is 1. The molecule has 2 aliphatic rings. The molecule has 0 saturated carbocycles. The van der Waals surface area contributed by atoms with Crippen LogP contribution in [0.4, 0.5) is 16.0 Å². The van der Waals surface area contributed by atoms with Crippen LogP contribution in [0.15, 0.2) is 60.8 Å². The molecule has 0 spiro atoms. The van der Waals surface area contributed by atoms with Crippen LogP contribution in [0.25, 0.3) is 11.2 Å². The first-order valence-electron chi connectivity index (χ1n) is 18.6. The number of halogens is 1. The Kier molecular flexibility index (Phi) is 14.3. The normalized spacial score (nSPS) is 24.3. The molecule has 0 radical (unpaired) electrons. The molecule has 6 rings (SSSR count). The molecule has 23 nitrogen and oxygen atoms in total. The number of fused-ring (bicyclic) bond motifs is 1. The number of hydrogen-bond donors (Lipinski definition) is 4. The first kappa shape index (κ1) is 45.4. The second-order valence-electron chi connectivity index (χ2n) is 14.3. The lowest BCUT2D eigenvalue weighted by Gasteiger charge is -2.33. The van der Waals surface area contributed by atoms with Gasteiger partial charge in [-0.1, -0.05) is 6.08 Å². The number of nitrogen functional groups attached to an aromatic ring is 2. The van der Waals surface area contributed by atoms with Crippen molar-refractivity contribution in [1.29, 1.82) is 0 Å². The average Bonchev–Trinajstić information content (AvgIpc) is 3.92. The number of amides is 1. The molecule has 9 atom stereocenters. The number of nitrogens with zero attached hydrogens (tertiary/aromatic N) is 8. The van der Waals surface area contributed by atoms with Gasteiger partial charge in [0.15, 0.2) is 17.5 Å². The van der Waals surface area contributed by atoms with Crippen LogP contribution in [0.2, 0.25) is 0 Å². The fraction of sp³-hybridized carbons (Fsp3) is 0.486. The minimum absolute atomic E-state index is 0.0147. The van der Waals surface area contributed by atoms with Gasteiger partial charge in [-0.05, 0) is 31.0 Å². The molecule has 6 N–H and O–H groups in total. The zero-order valence-electron chi connectivity index (χ0n) is 32.8. The third-order valence-electron chi connectivity index (χ3n) is 10.3. The van der Waals surface area contributed by atoms with Gasteiger partial charge < -0.3 is 44.7 Å². The fourth-order valence-corrected chi connectivity index (χ4v) is 8.63. The minimum atomic E-state index is -4.93. The zero-order valence-corrected chi connectivity index (χ0v) is 34.6. The van der Waals surface area contributed by atoms with Crippen LogP contribution < -0.4 is 17.2 Å². The Morgan fingerprint density at radius 1 is 1.21 bits per heavy atom. The van der Waals surface area contributed by atoms with Crippen molar-refractivity contribution in [1.82, 2.24) is 39.0 Å². The van der Waals surface area contributed by atoms with Gasteiger partial charge in [-0.3, -0.25) is 23.5 Å². The minimum Gasteiger partial charge on any atom is -0.458 e. The average molecular weight is 894 g/mol. The molecular formula is C35H44FN10O13P2+. The predicted molar refractivity (Wildman–Crippen MR) is 209 cm³/mol. The molecule has 0 aromatic carbocycles. The smallest absolute Gasteiger partial charge is 0.458 e. The molecule has 2 fully saturated rings. The van der Waals surface area contributed by atoms with E-state index in [1.807, 2.05) is 0 Å². The molecule has 328 valence electrons. The molecule has 61 heavy (non-hydrogen) atoms. The maximum atomic E-state index is 14.4. The summed E-state index contributed by atoms with van der Waals surface area (Å²) < 4.78 is 76.9. The van der Waals surface area contributed by atoms with Crippen LogP contribution in [0.1, 0.15) is 50.6 Å². The van der Waals surface area contributed by atoms with Gasteiger partial charge in [0, 0.05) is 43.3 Å². The van der Waals surface area contributed by atoms with Crippen LogP contribution in [0.5, 0.6) is 0 Å². The number of hydrogen-bond acceptors (Lipinski definition) is 18. The Morgan fingerprint density at radius 3 is 2.72 bits per heavy atom. The summed E-state index contributed by atoms with van der Waals surface area (Å²) >= 11 is 0. The summed E-state index contributed by atoms with van der Waals surface area (Å²) in [6.07, 6.45) is 1.70. The second kappa shape index (κ2) is 19.3. The number of rotatable bonds is 19. The number of pyridine rings is 1. The molecule has 26 heteroatoms. The van der Waals surface area contributed by atoms with Gasteiger partial charge in [-0.2, -0.15) is 4.98 Å². The highest BCUT2D eigenvalue weighted by Crippen LogP contribution is 2.64. The summed E-state index contributed by atoms with van der Waals surface area (Å²) in [6.45, 7) is 3.08. The van der Waals surface area contributed by atoms with Gasteiger partial charge in [0.2, 0.25) is 5.91 Å². The molecule has 6 heterocycles. The van der Waals surface area contributed by atoms with Crippen LogP contribution >= 0.6 is 15.9 Å². The summed E-state index contributed by atoms with van der Waals surface area (Å²) in [6, 6.07) is 1.19. The van der Waals surface area contributed by atoms with Gasteiger partial charge in [0.1, 0.15) is 66.0 Å². The first-order chi connectivity index (χ1) is 29.0. The van der Waals surface area contributed by atoms with Crippen LogP contribution in [-0.4, -0.2) is 117 Å². The molecule has 2 aliphatic heterocycles. The highest BCUT2D eigenvalue weighted by molar-refractivity contribution is 7.54. The monoisotopic (exact) mass is 893 g/mol. The lowest BCUT2D eigenvalue weighted by molar-refractivity contribution is -0.164. The van der Waals surface area contributed by atoms with E-state index in [2.05, 4.69) is 31.5 Å². The molecule has 4 aromatic rings. The number of carbonyl (C=O) groups is 2. The Bertz CT molecular complexity index is 2370. The quantitative estimate of drug-likeness (QED) is 0.0593. The first-order valence-corrected chi connectivity index (χ1v) is 21.3. The van der Waals surface area contributed by atoms with Crippen LogP contribution in [0.3, 0.4) is 0 Å². The van der Waals surface area contributed by atoms with E-state index in [1.54, 1.807) is 6.08 Å². The van der Waals surface area contributed by atoms with E-state index in [9.17, 15) is 37.7 Å². The summed E-state index contributed by atoms with van der Waals surface area (Å²) in [5, 5.41) is -1.88. The number of imidazole rings is 1. The Morgan fingerprint density at radius 2 is 2.00 bits per heavy atom. The van der Waals surface area contributed by atoms with Gasteiger partial charge in [-0.25, -0.2) is 28.9 Å². The number of anilines is 2. The SMILES string of the molecule is C=CCCC(=O)N(C)[C@@H](COCc1cncc(F)c1)C(=O)OC1C[C@H](n2cnc3c(N)ncnc32)O[C@@H]1COP(=O)(O)[C@]1(C)C[C@H](n2ccc(N)nc2=O)O[C@@H]1CO[P+](=O)O. The number of nitrogens with two attached hydrogens (primary N) is 2. The van der Waals surface area contributed by atoms with Crippen molar-refractivity contribution in [2.24, 2.45) is 0 Å². The lowest BCUT2D eigenvalue weighted by Crippen LogP contribution is -2.48. The number of carbonyl (C=O) groups excluding carboxylic acids is 2. The van der Waals surface area contributed by atoms with Crippen molar-refractivity contribution < 1.29 is 60.9 Å². The predicted octanol–water partition coefficient (Wildman–Crippen LogP) is 1.91. The van der Waals surface area contributed by atoms with Gasteiger partial charge in [0.05, 0.1) is 32.3 Å². The van der Waals surface area contributed by atoms with E-state index in [-0.39, 0.29) is 55.3 Å². The molecule has 1 amide bonds. The molecule has 2 saturated heterocycles. The van der Waals surface area contributed by atoms with E-state index in [4.69, 9.17) is 39.5 Å². The van der Waals surface area contributed by atoms with Crippen molar-refractivity contribution in [2.75, 3.05) is 38.3 Å². The molecule has 0 aliphatic carbocycles. The summed E-state index contributed by atoms with van der Waals surface area (Å²) in [5.74, 6) is -1.96. The topological polar surface area (TPSA) is 311 Å². The number of aromatic nitrogens is 7. The van der Waals surface area contributed by atoms with Crippen LogP contribution in [0, 0.1) is 5.82 Å². The summed E-state index contributed by atoms with van der Waals surface area (Å²) in [4.78, 5) is 82.1. The summed E-state index contributed by atoms with van der Waals surface area (Å²) in [5.41, 5.74) is 11.7. The maximum absolute atomic E-state index is 14.4. The second-order valence-corrected chi connectivity index (χ2v) is 17.4. The van der Waals surface area contributed by atoms with E-state index < -0.39 is 94.4 Å². The Balaban J connectivity index is 1.26. The Labute approximate surface area is 347 Å². The number of allylic oxidation sites excluding steroid dienone is 1. The fourth-order valence-electron chi connectivity index (χ4n) is 6.84. The van der Waals surface area contributed by atoms with Gasteiger partial charge in [0.25, 0.3) is 0 Å². The number of likely N-dealkylation sites (N-methyl/N-ethyl adjacent to an activating group) is 1. The third kappa shape index (κ3) is 10.3. The zero-order chi connectivity index (χ0) is 44.1. The van der Waals surface area contributed by atoms with Crippen molar-refractivity contribution in [2.45, 2.75) is 81.2 Å². The van der Waals surface area contributed by atoms with E-state index in [0.29, 0.717) is 12.0 Å². The van der Waals surface area contributed by atoms with Crippen molar-refractivity contribution >= 4 is 50.5 Å². The third-order valence-corrected chi connectivity index (χ3v) is 12.9. The molecule has 0 bridgehead atoms. The van der Waals surface area contributed by atoms with E-state index in [0.717, 1.165) is 15.7 Å². The van der Waals surface area contributed by atoms with E-state index >= 15 is 0 Å². The maximum Gasteiger partial charge on any atom is 0.694 e. The van der Waals surface area contributed by atoms with E-state index in [1.165, 1.54) is 55.7 Å². The van der Waals surface area contributed by atoms with Gasteiger partial charge >= 0.3 is 27.5 Å². The van der Waals surface area contributed by atoms with Crippen LogP contribution in [-0.2, 0) is 53.3 Å². The lowest BCUT2D eigenvalue weighted by atomic mass is 10.0. The van der Waals surface area contributed by atoms with Crippen molar-refractivity contribution in [3.63, 3.8) is 0 Å².